The van der Waals surface area contributed by atoms with E-state index in [4.69, 9.17) is 0 Å². The van der Waals surface area contributed by atoms with Gasteiger partial charge in [-0.15, -0.1) is 0 Å². The smallest absolute Gasteiger partial charge is 0.340 e. The van der Waals surface area contributed by atoms with E-state index in [0.717, 1.165) is 50.1 Å². The van der Waals surface area contributed by atoms with E-state index in [0.29, 0.717) is 23.7 Å². The van der Waals surface area contributed by atoms with Crippen LogP contribution in [0.4, 0.5) is 8.78 Å². The summed E-state index contributed by atoms with van der Waals surface area (Å²) in [5, 5.41) is 4.60. The van der Waals surface area contributed by atoms with Crippen molar-refractivity contribution in [3.8, 4) is 0 Å². The fourth-order valence-electron chi connectivity index (χ4n) is 5.32. The quantitative estimate of drug-likeness (QED) is 0.373. The van der Waals surface area contributed by atoms with E-state index in [9.17, 15) is 18.4 Å². The van der Waals surface area contributed by atoms with Gasteiger partial charge in [0.2, 0.25) is 0 Å². The highest BCUT2D eigenvalue weighted by molar-refractivity contribution is 5.90. The van der Waals surface area contributed by atoms with Gasteiger partial charge in [-0.1, -0.05) is 26.0 Å². The van der Waals surface area contributed by atoms with Gasteiger partial charge in [0.25, 0.3) is 0 Å². The van der Waals surface area contributed by atoms with E-state index in [1.54, 1.807) is 24.3 Å². The molecule has 6 nitrogen and oxygen atoms in total. The number of rotatable bonds is 4. The predicted octanol–water partition coefficient (Wildman–Crippen LogP) is -3.39. The van der Waals surface area contributed by atoms with Crippen LogP contribution in [0.2, 0.25) is 0 Å². The van der Waals surface area contributed by atoms with Crippen molar-refractivity contribution in [3.63, 3.8) is 0 Å². The third-order valence-corrected chi connectivity index (χ3v) is 7.46. The van der Waals surface area contributed by atoms with E-state index >= 15 is 0 Å². The molecule has 2 aromatic carbocycles. The third kappa shape index (κ3) is 8.37. The van der Waals surface area contributed by atoms with Gasteiger partial charge in [-0.2, -0.15) is 0 Å². The topological polar surface area (TPSA) is 85.8 Å². The number of methoxy groups -OCH3 is 2. The van der Waals surface area contributed by atoms with Gasteiger partial charge in [-0.25, -0.2) is 18.4 Å². The van der Waals surface area contributed by atoms with Gasteiger partial charge in [0, 0.05) is 24.7 Å². The van der Waals surface area contributed by atoms with Crippen LogP contribution in [0, 0.1) is 23.5 Å². The molecule has 2 saturated heterocycles. The molecule has 2 aliphatic heterocycles. The number of hydrogen-bond donors (Lipinski definition) is 2. The number of carbonyl (C=O) groups is 2. The monoisotopic (exact) mass is 574 g/mol. The van der Waals surface area contributed by atoms with Crippen LogP contribution in [-0.4, -0.2) is 52.3 Å². The summed E-state index contributed by atoms with van der Waals surface area (Å²) in [6.07, 6.45) is 2.13. The number of carbonyl (C=O) groups excluding carboxylic acids is 2. The zero-order valence-electron chi connectivity index (χ0n) is 22.3. The second kappa shape index (κ2) is 16.0. The van der Waals surface area contributed by atoms with Gasteiger partial charge in [0.1, 0.15) is 11.6 Å². The van der Waals surface area contributed by atoms with Crippen LogP contribution in [0.25, 0.3) is 0 Å². The van der Waals surface area contributed by atoms with Crippen LogP contribution in [0.5, 0.6) is 0 Å². The summed E-state index contributed by atoms with van der Waals surface area (Å²) in [6, 6.07) is 9.60. The second-order valence-electron chi connectivity index (χ2n) is 9.83. The minimum Gasteiger partial charge on any atom is -1.00 e. The summed E-state index contributed by atoms with van der Waals surface area (Å²) in [5.41, 5.74) is 2.16. The van der Waals surface area contributed by atoms with Crippen molar-refractivity contribution in [2.45, 2.75) is 38.5 Å². The van der Waals surface area contributed by atoms with Crippen LogP contribution >= 0.6 is 0 Å². The molecule has 38 heavy (non-hydrogen) atoms. The molecule has 0 bridgehead atoms. The molecule has 0 aromatic heterocycles. The summed E-state index contributed by atoms with van der Waals surface area (Å²) in [6.45, 7) is 8.72. The number of esters is 2. The van der Waals surface area contributed by atoms with Gasteiger partial charge < -0.3 is 44.9 Å². The van der Waals surface area contributed by atoms with E-state index in [-0.39, 0.29) is 35.9 Å². The first-order valence-electron chi connectivity index (χ1n) is 12.7. The minimum absolute atomic E-state index is 0. The number of hydrogen-bond acceptors (Lipinski definition) is 4. The molecule has 0 saturated carbocycles. The largest absolute Gasteiger partial charge is 1.00 e. The lowest BCUT2D eigenvalue weighted by atomic mass is 9.82. The van der Waals surface area contributed by atoms with Crippen molar-refractivity contribution < 1.29 is 63.3 Å². The molecule has 2 aromatic rings. The Morgan fingerprint density at radius 2 is 1.11 bits per heavy atom. The summed E-state index contributed by atoms with van der Waals surface area (Å²) in [4.78, 5) is 23.0. The summed E-state index contributed by atoms with van der Waals surface area (Å²) < 4.78 is 36.3. The third-order valence-electron chi connectivity index (χ3n) is 7.46. The maximum Gasteiger partial charge on any atom is 0.340 e. The molecule has 0 spiro atoms. The highest BCUT2D eigenvalue weighted by Crippen LogP contribution is 2.30. The number of quaternary nitrogens is 2. The van der Waals surface area contributed by atoms with Gasteiger partial charge in [0.15, 0.2) is 0 Å². The molecule has 0 unspecified atom stereocenters. The number of ether oxygens (including phenoxy) is 2. The molecule has 4 atom stereocenters. The maximum atomic E-state index is 13.6. The first kappa shape index (κ1) is 33.8. The molecule has 2 aliphatic rings. The van der Waals surface area contributed by atoms with Gasteiger partial charge in [0.05, 0.1) is 51.5 Å². The van der Waals surface area contributed by atoms with Crippen molar-refractivity contribution in [2.75, 3.05) is 40.4 Å². The van der Waals surface area contributed by atoms with E-state index in [2.05, 4.69) is 34.0 Å². The van der Waals surface area contributed by atoms with E-state index in [1.807, 2.05) is 0 Å². The minimum atomic E-state index is -0.607. The Morgan fingerprint density at radius 3 is 1.42 bits per heavy atom. The van der Waals surface area contributed by atoms with Crippen molar-refractivity contribution in [3.05, 3.63) is 70.3 Å². The second-order valence-corrected chi connectivity index (χ2v) is 9.83. The fourth-order valence-corrected chi connectivity index (χ4v) is 5.32. The summed E-state index contributed by atoms with van der Waals surface area (Å²) in [7, 11) is 2.54. The van der Waals surface area contributed by atoms with Crippen LogP contribution in [0.3, 0.4) is 0 Å². The molecule has 4 N–H and O–H groups in total. The molecule has 2 fully saturated rings. The molecule has 212 valence electrons. The maximum absolute atomic E-state index is 13.6. The molecule has 0 amide bonds. The normalized spacial score (nSPS) is 22.5. The average molecular weight is 576 g/mol. The van der Waals surface area contributed by atoms with E-state index < -0.39 is 23.6 Å². The highest BCUT2D eigenvalue weighted by Gasteiger charge is 2.27. The molecule has 0 aliphatic carbocycles. The first-order chi connectivity index (χ1) is 17.3. The average Bonchev–Trinajstić information content (AvgIpc) is 2.89. The number of piperidine rings is 2. The lowest BCUT2D eigenvalue weighted by Crippen LogP contribution is -3.00. The lowest BCUT2D eigenvalue weighted by molar-refractivity contribution is -0.669. The number of benzene rings is 2. The zero-order valence-corrected chi connectivity index (χ0v) is 23.8. The standard InChI is InChI=1S/2C14H18FNO2.2ClH/c2*1-9-8-16-6-5-11(9)10-3-4-13(15)12(7-10)14(17)18-2;;/h2*3-4,7,9,11,16H,5-6,8H2,1-2H3;2*1H/t9-,11+;9-,11-;;/m00../s1. The fraction of sp³-hybridized carbons (Fsp3) is 0.500. The molecule has 2 heterocycles. The molecule has 4 rings (SSSR count). The Morgan fingerprint density at radius 1 is 0.737 bits per heavy atom. The van der Waals surface area contributed by atoms with Gasteiger partial charge >= 0.3 is 11.9 Å². The Kier molecular flexibility index (Phi) is 14.2. The predicted molar refractivity (Wildman–Crippen MR) is 132 cm³/mol. The SMILES string of the molecule is COC(=O)c1cc([C@@H]2CC[NH2+]C[C@@H]2C)ccc1F.COC(=O)c1cc([C@H]2CC[NH2+]C[C@@H]2C)ccc1F.[Cl-].[Cl-]. The Hall–Kier alpha value is -2.26. The molecular weight excluding hydrogens is 537 g/mol. The summed E-state index contributed by atoms with van der Waals surface area (Å²) in [5.74, 6) is -0.363. The Bertz CT molecular complexity index is 990. The van der Waals surface area contributed by atoms with Crippen molar-refractivity contribution in [2.24, 2.45) is 11.8 Å². The number of halogens is 4. The Labute approximate surface area is 236 Å². The zero-order chi connectivity index (χ0) is 26.2. The number of nitrogens with two attached hydrogens (primary N) is 2. The molecule has 10 heteroatoms. The van der Waals surface area contributed by atoms with E-state index in [1.165, 1.54) is 26.4 Å². The van der Waals surface area contributed by atoms with Crippen LogP contribution in [0.1, 0.15) is 70.4 Å². The Balaban J connectivity index is 0.000000361. The van der Waals surface area contributed by atoms with Gasteiger partial charge in [-0.3, -0.25) is 0 Å². The summed E-state index contributed by atoms with van der Waals surface area (Å²) >= 11 is 0. The molecular formula is C28H38Cl2F2N2O4. The van der Waals surface area contributed by atoms with Crippen LogP contribution < -0.4 is 35.4 Å². The van der Waals surface area contributed by atoms with Crippen molar-refractivity contribution in [1.29, 1.82) is 0 Å². The highest BCUT2D eigenvalue weighted by atomic mass is 35.5. The lowest BCUT2D eigenvalue weighted by Gasteiger charge is -2.27. The van der Waals surface area contributed by atoms with Crippen molar-refractivity contribution in [1.82, 2.24) is 0 Å². The molecule has 0 radical (unpaired) electrons. The van der Waals surface area contributed by atoms with Crippen LogP contribution in [0.15, 0.2) is 36.4 Å². The van der Waals surface area contributed by atoms with Crippen molar-refractivity contribution >= 4 is 11.9 Å². The van der Waals surface area contributed by atoms with Gasteiger partial charge in [-0.05, 0) is 47.2 Å². The first-order valence-corrected chi connectivity index (χ1v) is 12.7. The van der Waals surface area contributed by atoms with Crippen LogP contribution in [-0.2, 0) is 9.47 Å².